The maximum absolute atomic E-state index is 11.6. The van der Waals surface area contributed by atoms with Gasteiger partial charge in [-0.25, -0.2) is 0 Å². The van der Waals surface area contributed by atoms with Gasteiger partial charge in [0.2, 0.25) is 0 Å². The first-order chi connectivity index (χ1) is 10.3. The van der Waals surface area contributed by atoms with Crippen molar-refractivity contribution in [1.82, 2.24) is 0 Å². The highest BCUT2D eigenvalue weighted by Crippen LogP contribution is 2.19. The Balaban J connectivity index is 2.03. The largest absolute Gasteiger partial charge is 0.463 e. The number of aliphatic hydroxyl groups excluding tert-OH is 1. The standard InChI is InChI=1S/C16H28O6/c1-16(2,3)22-15(19)7-5-4-6-14(18)20-11-13-9-8-12(10-17)21-13/h12-13,17H,4-11H2,1-3H3/t12-,13+/m1/s1. The van der Waals surface area contributed by atoms with Crippen molar-refractivity contribution >= 4 is 11.9 Å². The topological polar surface area (TPSA) is 82.1 Å². The summed E-state index contributed by atoms with van der Waals surface area (Å²) in [6.45, 7) is 5.73. The van der Waals surface area contributed by atoms with Crippen molar-refractivity contribution in [2.24, 2.45) is 0 Å². The van der Waals surface area contributed by atoms with Gasteiger partial charge in [-0.3, -0.25) is 9.59 Å². The van der Waals surface area contributed by atoms with Crippen LogP contribution in [0.2, 0.25) is 0 Å². The van der Waals surface area contributed by atoms with E-state index in [-0.39, 0.29) is 37.4 Å². The van der Waals surface area contributed by atoms with E-state index in [0.29, 0.717) is 25.7 Å². The lowest BCUT2D eigenvalue weighted by Gasteiger charge is -2.19. The predicted octanol–water partition coefficient (Wildman–Crippen LogP) is 1.97. The van der Waals surface area contributed by atoms with Crippen LogP contribution in [-0.4, -0.2) is 48.1 Å². The van der Waals surface area contributed by atoms with Crippen molar-refractivity contribution in [3.8, 4) is 0 Å². The molecule has 0 bridgehead atoms. The molecule has 0 saturated carbocycles. The number of aliphatic hydroxyl groups is 1. The van der Waals surface area contributed by atoms with Crippen molar-refractivity contribution in [3.05, 3.63) is 0 Å². The molecule has 0 aromatic rings. The van der Waals surface area contributed by atoms with Crippen molar-refractivity contribution in [3.63, 3.8) is 0 Å². The lowest BCUT2D eigenvalue weighted by atomic mass is 10.1. The van der Waals surface area contributed by atoms with Gasteiger partial charge in [-0.15, -0.1) is 0 Å². The highest BCUT2D eigenvalue weighted by Gasteiger charge is 2.25. The van der Waals surface area contributed by atoms with Gasteiger partial charge in [-0.05, 0) is 46.5 Å². The maximum Gasteiger partial charge on any atom is 0.306 e. The first-order valence-corrected chi connectivity index (χ1v) is 7.94. The quantitative estimate of drug-likeness (QED) is 0.544. The van der Waals surface area contributed by atoms with Gasteiger partial charge < -0.3 is 19.3 Å². The summed E-state index contributed by atoms with van der Waals surface area (Å²) in [6, 6.07) is 0. The van der Waals surface area contributed by atoms with Crippen LogP contribution in [0.1, 0.15) is 59.3 Å². The van der Waals surface area contributed by atoms with E-state index in [9.17, 15) is 9.59 Å². The lowest BCUT2D eigenvalue weighted by Crippen LogP contribution is -2.23. The van der Waals surface area contributed by atoms with Gasteiger partial charge in [-0.1, -0.05) is 0 Å². The van der Waals surface area contributed by atoms with Crippen LogP contribution in [0.3, 0.4) is 0 Å². The highest BCUT2D eigenvalue weighted by atomic mass is 16.6. The summed E-state index contributed by atoms with van der Waals surface area (Å²) in [5, 5.41) is 8.95. The maximum atomic E-state index is 11.6. The first kappa shape index (κ1) is 18.9. The number of rotatable bonds is 8. The summed E-state index contributed by atoms with van der Waals surface area (Å²) in [4.78, 5) is 23.1. The van der Waals surface area contributed by atoms with Gasteiger partial charge in [0.15, 0.2) is 0 Å². The van der Waals surface area contributed by atoms with E-state index in [0.717, 1.165) is 12.8 Å². The Labute approximate surface area is 132 Å². The molecule has 1 aliphatic heterocycles. The molecule has 1 fully saturated rings. The number of ether oxygens (including phenoxy) is 3. The van der Waals surface area contributed by atoms with Crippen molar-refractivity contribution < 1.29 is 28.9 Å². The SMILES string of the molecule is CC(C)(C)OC(=O)CCCCC(=O)OC[C@@H]1CC[C@H](CO)O1. The zero-order valence-electron chi connectivity index (χ0n) is 13.8. The molecule has 0 radical (unpaired) electrons. The molecular formula is C16H28O6. The zero-order chi connectivity index (χ0) is 16.6. The van der Waals surface area contributed by atoms with Crippen molar-refractivity contribution in [1.29, 1.82) is 0 Å². The minimum atomic E-state index is -0.469. The van der Waals surface area contributed by atoms with E-state index in [1.807, 2.05) is 20.8 Å². The number of unbranched alkanes of at least 4 members (excludes halogenated alkanes) is 1. The average molecular weight is 316 g/mol. The molecule has 2 atom stereocenters. The minimum absolute atomic E-state index is 0.00904. The Bertz CT molecular complexity index is 360. The molecule has 128 valence electrons. The van der Waals surface area contributed by atoms with E-state index in [4.69, 9.17) is 19.3 Å². The molecular weight excluding hydrogens is 288 g/mol. The number of hydrogen-bond donors (Lipinski definition) is 1. The lowest BCUT2D eigenvalue weighted by molar-refractivity contribution is -0.155. The van der Waals surface area contributed by atoms with E-state index in [1.54, 1.807) is 0 Å². The number of carbonyl (C=O) groups is 2. The van der Waals surface area contributed by atoms with Gasteiger partial charge >= 0.3 is 11.9 Å². The third kappa shape index (κ3) is 8.34. The number of esters is 2. The van der Waals surface area contributed by atoms with Gasteiger partial charge in [0, 0.05) is 12.8 Å². The van der Waals surface area contributed by atoms with Gasteiger partial charge in [0.1, 0.15) is 12.2 Å². The van der Waals surface area contributed by atoms with E-state index in [2.05, 4.69) is 0 Å². The van der Waals surface area contributed by atoms with Gasteiger partial charge in [-0.2, -0.15) is 0 Å². The number of hydrogen-bond acceptors (Lipinski definition) is 6. The van der Waals surface area contributed by atoms with Crippen LogP contribution >= 0.6 is 0 Å². The second-order valence-corrected chi connectivity index (χ2v) is 6.62. The minimum Gasteiger partial charge on any atom is -0.463 e. The highest BCUT2D eigenvalue weighted by molar-refractivity contribution is 5.70. The normalized spacial score (nSPS) is 21.6. The first-order valence-electron chi connectivity index (χ1n) is 7.94. The van der Waals surface area contributed by atoms with Gasteiger partial charge in [0.25, 0.3) is 0 Å². The summed E-state index contributed by atoms with van der Waals surface area (Å²) in [5.41, 5.74) is -0.469. The van der Waals surface area contributed by atoms with Gasteiger partial charge in [0.05, 0.1) is 18.8 Å². The second-order valence-electron chi connectivity index (χ2n) is 6.62. The van der Waals surface area contributed by atoms with E-state index < -0.39 is 5.60 Å². The fourth-order valence-corrected chi connectivity index (χ4v) is 2.23. The third-order valence-electron chi connectivity index (χ3n) is 3.26. The fourth-order valence-electron chi connectivity index (χ4n) is 2.23. The molecule has 22 heavy (non-hydrogen) atoms. The monoisotopic (exact) mass is 316 g/mol. The summed E-state index contributed by atoms with van der Waals surface area (Å²) in [7, 11) is 0. The Hall–Kier alpha value is -1.14. The molecule has 0 aliphatic carbocycles. The van der Waals surface area contributed by atoms with Crippen LogP contribution in [0, 0.1) is 0 Å². The Kier molecular flexibility index (Phi) is 7.82. The molecule has 6 heteroatoms. The summed E-state index contributed by atoms with van der Waals surface area (Å²) in [6.07, 6.45) is 3.18. The third-order valence-corrected chi connectivity index (χ3v) is 3.26. The fraction of sp³-hybridized carbons (Fsp3) is 0.875. The Morgan fingerprint density at radius 3 is 2.23 bits per heavy atom. The molecule has 0 aromatic carbocycles. The molecule has 6 nitrogen and oxygen atoms in total. The van der Waals surface area contributed by atoms with E-state index >= 15 is 0 Å². The Morgan fingerprint density at radius 1 is 1.09 bits per heavy atom. The molecule has 1 heterocycles. The molecule has 0 amide bonds. The second kappa shape index (κ2) is 9.10. The predicted molar refractivity (Wildman–Crippen MR) is 80.3 cm³/mol. The van der Waals surface area contributed by atoms with Crippen molar-refractivity contribution in [2.75, 3.05) is 13.2 Å². The van der Waals surface area contributed by atoms with Crippen LogP contribution in [0.15, 0.2) is 0 Å². The molecule has 1 saturated heterocycles. The average Bonchev–Trinajstić information content (AvgIpc) is 2.87. The molecule has 1 aliphatic rings. The summed E-state index contributed by atoms with van der Waals surface area (Å²) < 4.78 is 15.8. The smallest absolute Gasteiger partial charge is 0.306 e. The summed E-state index contributed by atoms with van der Waals surface area (Å²) in [5.74, 6) is -0.518. The van der Waals surface area contributed by atoms with E-state index in [1.165, 1.54) is 0 Å². The summed E-state index contributed by atoms with van der Waals surface area (Å²) >= 11 is 0. The van der Waals surface area contributed by atoms with Crippen LogP contribution in [0.5, 0.6) is 0 Å². The molecule has 0 unspecified atom stereocenters. The van der Waals surface area contributed by atoms with Crippen LogP contribution in [0.25, 0.3) is 0 Å². The molecule has 0 aromatic heterocycles. The zero-order valence-corrected chi connectivity index (χ0v) is 13.8. The number of carbonyl (C=O) groups excluding carboxylic acids is 2. The van der Waals surface area contributed by atoms with Crippen molar-refractivity contribution in [2.45, 2.75) is 77.1 Å². The molecule has 1 rings (SSSR count). The molecule has 0 spiro atoms. The van der Waals surface area contributed by atoms with Crippen LogP contribution in [-0.2, 0) is 23.8 Å². The van der Waals surface area contributed by atoms with Crippen LogP contribution in [0.4, 0.5) is 0 Å². The Morgan fingerprint density at radius 2 is 1.68 bits per heavy atom. The molecule has 1 N–H and O–H groups in total. The van der Waals surface area contributed by atoms with Crippen LogP contribution < -0.4 is 0 Å².